The average Bonchev–Trinajstić information content (AvgIpc) is 3.75. The Kier molecular flexibility index (Phi) is 6.99. The second kappa shape index (κ2) is 12.1. The molecule has 0 bridgehead atoms. The largest absolute Gasteiger partial charge is 0.287 e. The molecular formula is C45H30N5S+. The Hall–Kier alpha value is -6.50. The van der Waals surface area contributed by atoms with E-state index in [0.29, 0.717) is 24.0 Å². The Morgan fingerprint density at radius 1 is 0.471 bits per heavy atom. The standard InChI is InChI=1S/C45H30N5S/c1-4-14-30(15-5-1)33-24-27-41(49(28-33)29-40-46-44(31-16-6-2-7-17-31)48-45(47-40)32-18-8-3-9-19-32)50-37-22-12-10-20-34(37)35-25-26-39-42(43(35)50)36-21-11-13-23-38(36)51-39/h1-28H,29H2/q+1. The predicted octanol–water partition coefficient (Wildman–Crippen LogP) is 10.7. The van der Waals surface area contributed by atoms with Gasteiger partial charge in [0.1, 0.15) is 5.52 Å². The minimum absolute atomic E-state index is 0.437. The summed E-state index contributed by atoms with van der Waals surface area (Å²) < 4.78 is 7.31. The first kappa shape index (κ1) is 29.4. The molecule has 51 heavy (non-hydrogen) atoms. The molecule has 0 spiro atoms. The lowest BCUT2D eigenvalue weighted by atomic mass is 10.1. The van der Waals surface area contributed by atoms with E-state index in [9.17, 15) is 0 Å². The zero-order chi connectivity index (χ0) is 33.7. The summed E-state index contributed by atoms with van der Waals surface area (Å²) in [5.74, 6) is 3.03. The highest BCUT2D eigenvalue weighted by Crippen LogP contribution is 2.42. The van der Waals surface area contributed by atoms with Crippen LogP contribution < -0.4 is 4.57 Å². The van der Waals surface area contributed by atoms with Crippen LogP contribution in [0.15, 0.2) is 170 Å². The Bertz CT molecular complexity index is 2820. The van der Waals surface area contributed by atoms with Crippen molar-refractivity contribution in [1.29, 1.82) is 0 Å². The molecule has 0 N–H and O–H groups in total. The molecule has 0 radical (unpaired) electrons. The fourth-order valence-electron chi connectivity index (χ4n) is 7.25. The van der Waals surface area contributed by atoms with Crippen LogP contribution in [0.25, 0.3) is 81.7 Å². The minimum Gasteiger partial charge on any atom is -0.226 e. The fourth-order valence-corrected chi connectivity index (χ4v) is 8.36. The summed E-state index contributed by atoms with van der Waals surface area (Å²) in [7, 11) is 0. The molecule has 0 amide bonds. The Labute approximate surface area is 298 Å². The number of nitrogens with zero attached hydrogens (tertiary/aromatic N) is 5. The first-order valence-electron chi connectivity index (χ1n) is 17.1. The van der Waals surface area contributed by atoms with Gasteiger partial charge in [0.15, 0.2) is 29.5 Å². The Balaban J connectivity index is 1.25. The number of hydrogen-bond donors (Lipinski definition) is 0. The number of aromatic nitrogens is 5. The van der Waals surface area contributed by atoms with E-state index in [-0.39, 0.29) is 0 Å². The summed E-state index contributed by atoms with van der Waals surface area (Å²) in [6, 6.07) is 57.4. The van der Waals surface area contributed by atoms with E-state index >= 15 is 0 Å². The molecule has 0 fully saturated rings. The topological polar surface area (TPSA) is 47.5 Å². The monoisotopic (exact) mass is 672 g/mol. The molecule has 0 atom stereocenters. The summed E-state index contributed by atoms with van der Waals surface area (Å²) >= 11 is 1.85. The van der Waals surface area contributed by atoms with Gasteiger partial charge < -0.3 is 0 Å². The summed E-state index contributed by atoms with van der Waals surface area (Å²) in [5, 5.41) is 5.01. The third-order valence-corrected chi connectivity index (χ3v) is 10.7. The smallest absolute Gasteiger partial charge is 0.226 e. The van der Waals surface area contributed by atoms with E-state index in [0.717, 1.165) is 33.6 Å². The molecule has 0 saturated carbocycles. The predicted molar refractivity (Wildman–Crippen MR) is 209 cm³/mol. The van der Waals surface area contributed by atoms with Crippen molar-refractivity contribution in [2.45, 2.75) is 6.54 Å². The number of hydrogen-bond acceptors (Lipinski definition) is 4. The van der Waals surface area contributed by atoms with Crippen LogP contribution in [0.5, 0.6) is 0 Å². The van der Waals surface area contributed by atoms with Crippen LogP contribution in [-0.4, -0.2) is 19.5 Å². The van der Waals surface area contributed by atoms with Crippen LogP contribution in [-0.2, 0) is 6.54 Å². The van der Waals surface area contributed by atoms with E-state index in [1.165, 1.54) is 36.5 Å². The highest BCUT2D eigenvalue weighted by atomic mass is 32.1. The van der Waals surface area contributed by atoms with Gasteiger partial charge in [-0.3, -0.25) is 0 Å². The fraction of sp³-hybridized carbons (Fsp3) is 0.0222. The zero-order valence-electron chi connectivity index (χ0n) is 27.5. The molecule has 0 aliphatic heterocycles. The number of rotatable bonds is 6. The molecule has 0 unspecified atom stereocenters. The van der Waals surface area contributed by atoms with Crippen LogP contribution >= 0.6 is 11.3 Å². The van der Waals surface area contributed by atoms with Gasteiger partial charge in [0.05, 0.1) is 6.20 Å². The minimum atomic E-state index is 0.437. The van der Waals surface area contributed by atoms with Gasteiger partial charge in [-0.25, -0.2) is 19.5 Å². The maximum atomic E-state index is 5.11. The lowest BCUT2D eigenvalue weighted by molar-refractivity contribution is -0.682. The van der Waals surface area contributed by atoms with Crippen molar-refractivity contribution in [2.75, 3.05) is 0 Å². The van der Waals surface area contributed by atoms with E-state index in [1.807, 2.05) is 47.7 Å². The highest BCUT2D eigenvalue weighted by Gasteiger charge is 2.26. The number of para-hydroxylation sites is 1. The lowest BCUT2D eigenvalue weighted by Crippen LogP contribution is -2.40. The number of pyridine rings is 1. The van der Waals surface area contributed by atoms with E-state index in [2.05, 4.69) is 143 Å². The van der Waals surface area contributed by atoms with Gasteiger partial charge in [-0.1, -0.05) is 121 Å². The number of fused-ring (bicyclic) bond motifs is 7. The molecule has 240 valence electrons. The Morgan fingerprint density at radius 3 is 1.78 bits per heavy atom. The molecule has 0 aliphatic carbocycles. The molecule has 4 heterocycles. The van der Waals surface area contributed by atoms with Gasteiger partial charge >= 0.3 is 0 Å². The lowest BCUT2D eigenvalue weighted by Gasteiger charge is -2.12. The van der Waals surface area contributed by atoms with Crippen molar-refractivity contribution in [3.63, 3.8) is 0 Å². The number of benzene rings is 6. The zero-order valence-corrected chi connectivity index (χ0v) is 28.3. The summed E-state index contributed by atoms with van der Waals surface area (Å²) in [5.41, 5.74) is 6.54. The van der Waals surface area contributed by atoms with Crippen molar-refractivity contribution in [1.82, 2.24) is 19.5 Å². The second-order valence-corrected chi connectivity index (χ2v) is 13.8. The molecule has 6 aromatic carbocycles. The SMILES string of the molecule is c1ccc(-c2ccc(-n3c4ccccc4c4ccc5sc6ccccc6c5c43)[n+](Cc3nc(-c4ccccc4)nc(-c4ccccc4)n3)c2)cc1. The van der Waals surface area contributed by atoms with E-state index in [1.54, 1.807) is 0 Å². The summed E-state index contributed by atoms with van der Waals surface area (Å²) in [4.78, 5) is 15.2. The van der Waals surface area contributed by atoms with Gasteiger partial charge in [-0.15, -0.1) is 11.3 Å². The number of thiophene rings is 1. The molecule has 5 nitrogen and oxygen atoms in total. The first-order valence-corrected chi connectivity index (χ1v) is 17.9. The van der Waals surface area contributed by atoms with Gasteiger partial charge in [0.2, 0.25) is 0 Å². The maximum Gasteiger partial charge on any atom is 0.287 e. The van der Waals surface area contributed by atoms with Crippen molar-refractivity contribution in [2.24, 2.45) is 0 Å². The van der Waals surface area contributed by atoms with Crippen molar-refractivity contribution in [3.05, 3.63) is 176 Å². The van der Waals surface area contributed by atoms with Crippen LogP contribution in [0.4, 0.5) is 0 Å². The summed E-state index contributed by atoms with van der Waals surface area (Å²) in [6.45, 7) is 0.437. The highest BCUT2D eigenvalue weighted by molar-refractivity contribution is 7.26. The average molecular weight is 673 g/mol. The molecular weight excluding hydrogens is 643 g/mol. The van der Waals surface area contributed by atoms with Crippen molar-refractivity contribution >= 4 is 53.3 Å². The molecule has 4 aromatic heterocycles. The molecule has 6 heteroatoms. The molecule has 0 saturated heterocycles. The quantitative estimate of drug-likeness (QED) is 0.165. The second-order valence-electron chi connectivity index (χ2n) is 12.7. The van der Waals surface area contributed by atoms with E-state index in [4.69, 9.17) is 15.0 Å². The van der Waals surface area contributed by atoms with Gasteiger partial charge in [-0.05, 0) is 42.0 Å². The summed E-state index contributed by atoms with van der Waals surface area (Å²) in [6.07, 6.45) is 2.24. The maximum absolute atomic E-state index is 5.11. The van der Waals surface area contributed by atoms with Crippen molar-refractivity contribution in [3.8, 4) is 39.7 Å². The third kappa shape index (κ3) is 5.07. The first-order chi connectivity index (χ1) is 25.3. The third-order valence-electron chi connectivity index (χ3n) is 9.57. The van der Waals surface area contributed by atoms with Crippen molar-refractivity contribution < 1.29 is 4.57 Å². The normalized spacial score (nSPS) is 11.6. The van der Waals surface area contributed by atoms with Gasteiger partial charge in [0.25, 0.3) is 5.82 Å². The van der Waals surface area contributed by atoms with Crippen LogP contribution in [0, 0.1) is 0 Å². The molecule has 10 rings (SSSR count). The van der Waals surface area contributed by atoms with Gasteiger partial charge in [-0.2, -0.15) is 4.57 Å². The molecule has 10 aromatic rings. The van der Waals surface area contributed by atoms with Crippen LogP contribution in [0.1, 0.15) is 5.82 Å². The molecule has 0 aliphatic rings. The van der Waals surface area contributed by atoms with Crippen LogP contribution in [0.3, 0.4) is 0 Å². The van der Waals surface area contributed by atoms with E-state index < -0.39 is 0 Å². The van der Waals surface area contributed by atoms with Gasteiger partial charge in [0, 0.05) is 53.7 Å². The van der Waals surface area contributed by atoms with Crippen LogP contribution in [0.2, 0.25) is 0 Å². The Morgan fingerprint density at radius 2 is 1.08 bits per heavy atom.